The highest BCUT2D eigenvalue weighted by Crippen LogP contribution is 2.14. The van der Waals surface area contributed by atoms with Crippen LogP contribution < -0.4 is 10.5 Å². The van der Waals surface area contributed by atoms with Gasteiger partial charge in [-0.15, -0.1) is 0 Å². The van der Waals surface area contributed by atoms with E-state index in [-0.39, 0.29) is 23.4 Å². The predicted octanol–water partition coefficient (Wildman–Crippen LogP) is 1.71. The van der Waals surface area contributed by atoms with Gasteiger partial charge in [0.05, 0.1) is 11.4 Å². The summed E-state index contributed by atoms with van der Waals surface area (Å²) in [6.45, 7) is 6.26. The van der Waals surface area contributed by atoms with E-state index in [2.05, 4.69) is 16.6 Å². The molecule has 3 N–H and O–H groups in total. The van der Waals surface area contributed by atoms with Crippen molar-refractivity contribution in [2.24, 2.45) is 11.7 Å². The summed E-state index contributed by atoms with van der Waals surface area (Å²) < 4.78 is 27.3. The van der Waals surface area contributed by atoms with Gasteiger partial charge in [-0.2, -0.15) is 0 Å². The second kappa shape index (κ2) is 7.44. The minimum Gasteiger partial charge on any atom is -0.320 e. The number of benzene rings is 1. The third kappa shape index (κ3) is 4.64. The molecule has 1 unspecified atom stereocenters. The standard InChI is InChI=1S/C15H22N2O2S/c1-4-15(12(2)3)17-20(18,19)14-9-7-13(8-10-14)6-5-11-16/h7-10,12,15,17H,4,11,16H2,1-3H3. The molecule has 0 aliphatic carbocycles. The SMILES string of the molecule is CCC(NS(=O)(=O)c1ccc(C#CCN)cc1)C(C)C. The zero-order chi connectivity index (χ0) is 15.2. The van der Waals surface area contributed by atoms with Gasteiger partial charge < -0.3 is 5.73 Å². The van der Waals surface area contributed by atoms with Gasteiger partial charge in [-0.1, -0.05) is 32.6 Å². The lowest BCUT2D eigenvalue weighted by molar-refractivity contribution is 0.437. The van der Waals surface area contributed by atoms with E-state index in [9.17, 15) is 8.42 Å². The molecule has 0 saturated carbocycles. The molecule has 0 bridgehead atoms. The first kappa shape index (κ1) is 16.7. The van der Waals surface area contributed by atoms with E-state index in [1.807, 2.05) is 20.8 Å². The highest BCUT2D eigenvalue weighted by molar-refractivity contribution is 7.89. The molecule has 0 radical (unpaired) electrons. The lowest BCUT2D eigenvalue weighted by atomic mass is 10.0. The molecule has 110 valence electrons. The lowest BCUT2D eigenvalue weighted by Gasteiger charge is -2.20. The van der Waals surface area contributed by atoms with Crippen LogP contribution in [0.25, 0.3) is 0 Å². The predicted molar refractivity (Wildman–Crippen MR) is 81.6 cm³/mol. The van der Waals surface area contributed by atoms with Crippen molar-refractivity contribution in [2.45, 2.75) is 38.1 Å². The fourth-order valence-electron chi connectivity index (χ4n) is 1.83. The molecule has 4 nitrogen and oxygen atoms in total. The maximum atomic E-state index is 12.3. The fraction of sp³-hybridized carbons (Fsp3) is 0.467. The average molecular weight is 294 g/mol. The Morgan fingerprint density at radius 2 is 1.85 bits per heavy atom. The summed E-state index contributed by atoms with van der Waals surface area (Å²) in [5, 5.41) is 0. The van der Waals surface area contributed by atoms with Crippen LogP contribution >= 0.6 is 0 Å². The van der Waals surface area contributed by atoms with E-state index in [0.717, 1.165) is 12.0 Å². The van der Waals surface area contributed by atoms with E-state index in [1.54, 1.807) is 24.3 Å². The molecule has 0 amide bonds. The van der Waals surface area contributed by atoms with Crippen molar-refractivity contribution in [3.05, 3.63) is 29.8 Å². The number of hydrogen-bond donors (Lipinski definition) is 2. The molecule has 1 aromatic rings. The van der Waals surface area contributed by atoms with E-state index in [0.29, 0.717) is 0 Å². The quantitative estimate of drug-likeness (QED) is 0.812. The third-order valence-electron chi connectivity index (χ3n) is 3.05. The molecular formula is C15H22N2O2S. The highest BCUT2D eigenvalue weighted by Gasteiger charge is 2.20. The molecule has 0 heterocycles. The molecule has 20 heavy (non-hydrogen) atoms. The zero-order valence-corrected chi connectivity index (χ0v) is 13.0. The van der Waals surface area contributed by atoms with Crippen molar-refractivity contribution in [3.8, 4) is 11.8 Å². The van der Waals surface area contributed by atoms with Crippen LogP contribution in [0, 0.1) is 17.8 Å². The van der Waals surface area contributed by atoms with Crippen molar-refractivity contribution in [1.29, 1.82) is 0 Å². The van der Waals surface area contributed by atoms with Crippen LogP contribution in [0.15, 0.2) is 29.2 Å². The zero-order valence-electron chi connectivity index (χ0n) is 12.2. The number of hydrogen-bond acceptors (Lipinski definition) is 3. The van der Waals surface area contributed by atoms with Crippen LogP contribution in [-0.4, -0.2) is 21.0 Å². The molecule has 1 atom stereocenters. The maximum Gasteiger partial charge on any atom is 0.240 e. The Bertz CT molecular complexity index is 581. The van der Waals surface area contributed by atoms with E-state index in [4.69, 9.17) is 5.73 Å². The summed E-state index contributed by atoms with van der Waals surface area (Å²) >= 11 is 0. The molecule has 0 aliphatic heterocycles. The Hall–Kier alpha value is -1.35. The van der Waals surface area contributed by atoms with Gasteiger partial charge in [0.25, 0.3) is 0 Å². The van der Waals surface area contributed by atoms with Crippen LogP contribution in [0.1, 0.15) is 32.8 Å². The molecule has 1 aromatic carbocycles. The lowest BCUT2D eigenvalue weighted by Crippen LogP contribution is -2.37. The highest BCUT2D eigenvalue weighted by atomic mass is 32.2. The minimum absolute atomic E-state index is 0.0586. The van der Waals surface area contributed by atoms with Crippen molar-refractivity contribution in [3.63, 3.8) is 0 Å². The normalized spacial score (nSPS) is 12.8. The van der Waals surface area contributed by atoms with Gasteiger partial charge in [0.2, 0.25) is 10.0 Å². The molecule has 0 aliphatic rings. The van der Waals surface area contributed by atoms with E-state index in [1.165, 1.54) is 0 Å². The summed E-state index contributed by atoms with van der Waals surface area (Å²) in [5.41, 5.74) is 6.05. The largest absolute Gasteiger partial charge is 0.320 e. The van der Waals surface area contributed by atoms with Gasteiger partial charge in [-0.05, 0) is 36.6 Å². The van der Waals surface area contributed by atoms with Gasteiger partial charge in [0, 0.05) is 11.6 Å². The molecule has 0 fully saturated rings. The van der Waals surface area contributed by atoms with Crippen LogP contribution in [0.4, 0.5) is 0 Å². The van der Waals surface area contributed by atoms with Gasteiger partial charge in [0.15, 0.2) is 0 Å². The van der Waals surface area contributed by atoms with Crippen molar-refractivity contribution >= 4 is 10.0 Å². The summed E-state index contributed by atoms with van der Waals surface area (Å²) in [6.07, 6.45) is 0.761. The molecule has 1 rings (SSSR count). The monoisotopic (exact) mass is 294 g/mol. The van der Waals surface area contributed by atoms with Gasteiger partial charge >= 0.3 is 0 Å². The summed E-state index contributed by atoms with van der Waals surface area (Å²) in [5.74, 6) is 5.85. The Labute approximate surface area is 121 Å². The van der Waals surface area contributed by atoms with E-state index >= 15 is 0 Å². The molecular weight excluding hydrogens is 272 g/mol. The van der Waals surface area contributed by atoms with Gasteiger partial charge in [0.1, 0.15) is 0 Å². The maximum absolute atomic E-state index is 12.3. The first-order chi connectivity index (χ1) is 9.40. The molecule has 0 spiro atoms. The smallest absolute Gasteiger partial charge is 0.240 e. The van der Waals surface area contributed by atoms with Gasteiger partial charge in [-0.25, -0.2) is 13.1 Å². The molecule has 0 saturated heterocycles. The minimum atomic E-state index is -3.48. The Morgan fingerprint density at radius 1 is 1.25 bits per heavy atom. The first-order valence-electron chi connectivity index (χ1n) is 6.72. The average Bonchev–Trinajstić information content (AvgIpc) is 2.42. The summed E-state index contributed by atoms with van der Waals surface area (Å²) in [4.78, 5) is 0.259. The number of nitrogens with two attached hydrogens (primary N) is 1. The molecule has 5 heteroatoms. The fourth-order valence-corrected chi connectivity index (χ4v) is 3.30. The topological polar surface area (TPSA) is 72.2 Å². The summed E-state index contributed by atoms with van der Waals surface area (Å²) in [6, 6.07) is 6.45. The second-order valence-corrected chi connectivity index (χ2v) is 6.62. The van der Waals surface area contributed by atoms with Crippen molar-refractivity contribution in [2.75, 3.05) is 6.54 Å². The van der Waals surface area contributed by atoms with Gasteiger partial charge in [-0.3, -0.25) is 0 Å². The first-order valence-corrected chi connectivity index (χ1v) is 8.20. The Morgan fingerprint density at radius 3 is 2.30 bits per heavy atom. The third-order valence-corrected chi connectivity index (χ3v) is 4.56. The van der Waals surface area contributed by atoms with Crippen LogP contribution in [-0.2, 0) is 10.0 Å². The van der Waals surface area contributed by atoms with Crippen LogP contribution in [0.5, 0.6) is 0 Å². The van der Waals surface area contributed by atoms with E-state index < -0.39 is 10.0 Å². The number of nitrogens with one attached hydrogen (secondary N) is 1. The second-order valence-electron chi connectivity index (χ2n) is 4.91. The summed E-state index contributed by atoms with van der Waals surface area (Å²) in [7, 11) is -3.48. The van der Waals surface area contributed by atoms with Crippen LogP contribution in [0.3, 0.4) is 0 Å². The van der Waals surface area contributed by atoms with Crippen molar-refractivity contribution in [1.82, 2.24) is 4.72 Å². The Kier molecular flexibility index (Phi) is 6.21. The number of rotatable bonds is 5. The Balaban J connectivity index is 2.93. The van der Waals surface area contributed by atoms with Crippen LogP contribution in [0.2, 0.25) is 0 Å². The molecule has 0 aromatic heterocycles. The van der Waals surface area contributed by atoms with Crippen molar-refractivity contribution < 1.29 is 8.42 Å². The number of sulfonamides is 1.